The molecule has 0 bridgehead atoms. The van der Waals surface area contributed by atoms with Gasteiger partial charge in [-0.2, -0.15) is 15.0 Å². The topological polar surface area (TPSA) is 104 Å². The van der Waals surface area contributed by atoms with Crippen LogP contribution in [0, 0.1) is 0 Å². The molecule has 0 aliphatic rings. The van der Waals surface area contributed by atoms with Crippen LogP contribution in [0.25, 0.3) is 0 Å². The van der Waals surface area contributed by atoms with Gasteiger partial charge in [0.2, 0.25) is 17.8 Å². The van der Waals surface area contributed by atoms with Crippen LogP contribution in [-0.4, -0.2) is 109 Å². The van der Waals surface area contributed by atoms with Crippen molar-refractivity contribution >= 4 is 17.8 Å². The molecule has 0 atom stereocenters. The predicted molar refractivity (Wildman–Crippen MR) is 127 cm³/mol. The molecule has 12 heteroatoms. The lowest BCUT2D eigenvalue weighted by Gasteiger charge is -2.34. The average Bonchev–Trinajstić information content (AvgIpc) is 2.78. The maximum absolute atomic E-state index is 5.62. The monoisotopic (exact) mass is 474 g/mol. The van der Waals surface area contributed by atoms with Gasteiger partial charge in [0, 0.05) is 42.7 Å². The second-order valence-corrected chi connectivity index (χ2v) is 8.77. The molecule has 0 saturated heterocycles. The molecular weight excluding hydrogens is 432 g/mol. The molecule has 1 aromatic rings. The highest BCUT2D eigenvalue weighted by atomic mass is 16.5. The van der Waals surface area contributed by atoms with E-state index in [0.29, 0.717) is 30.9 Å². The fraction of sp³-hybridized carbons (Fsp3) is 0.857. The van der Waals surface area contributed by atoms with E-state index in [2.05, 4.69) is 0 Å². The Morgan fingerprint density at radius 1 is 0.515 bits per heavy atom. The number of methoxy groups -OCH3 is 6. The minimum absolute atomic E-state index is 0.235. The third-order valence-electron chi connectivity index (χ3n) is 4.84. The maximum atomic E-state index is 5.62. The van der Waals surface area contributed by atoms with E-state index in [4.69, 9.17) is 43.4 Å². The second kappa shape index (κ2) is 13.8. The molecule has 0 spiro atoms. The molecule has 33 heavy (non-hydrogen) atoms. The van der Waals surface area contributed by atoms with Gasteiger partial charge in [0.25, 0.3) is 0 Å². The van der Waals surface area contributed by atoms with Gasteiger partial charge in [-0.15, -0.1) is 0 Å². The number of rotatable bonds is 17. The number of aromatic nitrogens is 3. The minimum Gasteiger partial charge on any atom is -0.377 e. The largest absolute Gasteiger partial charge is 0.377 e. The maximum Gasteiger partial charge on any atom is 0.235 e. The fourth-order valence-corrected chi connectivity index (χ4v) is 2.94. The van der Waals surface area contributed by atoms with Crippen molar-refractivity contribution < 1.29 is 28.4 Å². The van der Waals surface area contributed by atoms with E-state index in [1.807, 2.05) is 37.5 Å². The van der Waals surface area contributed by atoms with Crippen molar-refractivity contribution in [3.63, 3.8) is 0 Å². The van der Waals surface area contributed by atoms with Crippen LogP contribution >= 0.6 is 0 Å². The van der Waals surface area contributed by atoms with Crippen molar-refractivity contribution in [1.29, 1.82) is 0 Å². The highest BCUT2D eigenvalue weighted by Crippen LogP contribution is 2.23. The Kier molecular flexibility index (Phi) is 12.2. The molecule has 1 rings (SSSR count). The molecular formula is C21H42N6O6. The number of hydrogen-bond donors (Lipinski definition) is 0. The summed E-state index contributed by atoms with van der Waals surface area (Å²) in [6, 6.07) is 0. The fourth-order valence-electron chi connectivity index (χ4n) is 2.94. The van der Waals surface area contributed by atoms with Gasteiger partial charge in [-0.05, 0) is 27.7 Å². The Morgan fingerprint density at radius 2 is 0.788 bits per heavy atom. The Labute approximate surface area is 198 Å². The summed E-state index contributed by atoms with van der Waals surface area (Å²) < 4.78 is 32.8. The number of nitrogens with zero attached hydrogens (tertiary/aromatic N) is 6. The van der Waals surface area contributed by atoms with E-state index in [0.717, 1.165) is 0 Å². The highest BCUT2D eigenvalue weighted by molar-refractivity contribution is 5.46. The van der Waals surface area contributed by atoms with Crippen molar-refractivity contribution in [3.05, 3.63) is 0 Å². The lowest BCUT2D eigenvalue weighted by Crippen LogP contribution is -2.44. The van der Waals surface area contributed by atoms with Gasteiger partial charge < -0.3 is 38.2 Å². The van der Waals surface area contributed by atoms with Crippen molar-refractivity contribution in [2.75, 3.05) is 97.4 Å². The van der Waals surface area contributed by atoms with Gasteiger partial charge in [0.15, 0.2) is 0 Å². The second-order valence-electron chi connectivity index (χ2n) is 8.77. The third kappa shape index (κ3) is 9.51. The van der Waals surface area contributed by atoms with E-state index in [1.165, 1.54) is 0 Å². The number of ether oxygens (including phenoxy) is 6. The first-order valence-corrected chi connectivity index (χ1v) is 10.6. The van der Waals surface area contributed by atoms with Crippen LogP contribution < -0.4 is 14.7 Å². The summed E-state index contributed by atoms with van der Waals surface area (Å²) in [4.78, 5) is 19.7. The lowest BCUT2D eigenvalue weighted by molar-refractivity contribution is 0.0235. The molecule has 0 amide bonds. The molecule has 1 aromatic heterocycles. The van der Waals surface area contributed by atoms with Gasteiger partial charge >= 0.3 is 0 Å². The van der Waals surface area contributed by atoms with Crippen LogP contribution in [0.2, 0.25) is 0 Å². The van der Waals surface area contributed by atoms with Crippen LogP contribution in [0.15, 0.2) is 0 Å². The molecule has 0 unspecified atom stereocenters. The first-order chi connectivity index (χ1) is 15.6. The van der Waals surface area contributed by atoms with Crippen molar-refractivity contribution in [3.8, 4) is 0 Å². The van der Waals surface area contributed by atoms with Crippen LogP contribution in [-0.2, 0) is 28.4 Å². The molecule has 0 radical (unpaired) electrons. The van der Waals surface area contributed by atoms with Gasteiger partial charge in [-0.3, -0.25) is 4.90 Å². The third-order valence-corrected chi connectivity index (χ3v) is 4.84. The van der Waals surface area contributed by atoms with E-state index in [1.54, 1.807) is 47.6 Å². The van der Waals surface area contributed by atoms with Crippen molar-refractivity contribution in [1.82, 2.24) is 15.0 Å². The van der Waals surface area contributed by atoms with Gasteiger partial charge in [0.05, 0.1) is 24.3 Å². The average molecular weight is 475 g/mol. The summed E-state index contributed by atoms with van der Waals surface area (Å²) in [6.45, 7) is 9.91. The van der Waals surface area contributed by atoms with Crippen LogP contribution in [0.1, 0.15) is 27.7 Å². The number of hydrogen-bond acceptors (Lipinski definition) is 12. The molecule has 0 aliphatic carbocycles. The quantitative estimate of drug-likeness (QED) is 0.306. The minimum atomic E-state index is -0.464. The summed E-state index contributed by atoms with van der Waals surface area (Å²) >= 11 is 0. The van der Waals surface area contributed by atoms with Crippen LogP contribution in [0.5, 0.6) is 0 Å². The molecule has 0 N–H and O–H groups in total. The number of anilines is 3. The van der Waals surface area contributed by atoms with Crippen LogP contribution in [0.4, 0.5) is 17.8 Å². The summed E-state index contributed by atoms with van der Waals surface area (Å²) in [5.41, 5.74) is -0.928. The van der Waals surface area contributed by atoms with E-state index < -0.39 is 11.2 Å². The molecule has 0 aromatic carbocycles. The summed E-state index contributed by atoms with van der Waals surface area (Å²) in [6.07, 6.45) is 0. The Bertz CT molecular complexity index is 641. The van der Waals surface area contributed by atoms with E-state index >= 15 is 0 Å². The highest BCUT2D eigenvalue weighted by Gasteiger charge is 2.28. The first kappa shape index (κ1) is 29.2. The van der Waals surface area contributed by atoms with E-state index in [9.17, 15) is 0 Å². The van der Waals surface area contributed by atoms with Crippen molar-refractivity contribution in [2.24, 2.45) is 0 Å². The molecule has 0 fully saturated rings. The molecule has 0 saturated carbocycles. The zero-order chi connectivity index (χ0) is 25.1. The Hall–Kier alpha value is -1.83. The molecule has 1 heterocycles. The standard InChI is InChI=1S/C21H42N6O6/c1-20(2,32-9)11-25(13-28-5)17-22-18(26(14-29-6)12-21(3,4)33-10)24-19(23-17)27(15-30-7)16-31-8/h11-16H2,1-10H3. The zero-order valence-corrected chi connectivity index (χ0v) is 21.9. The van der Waals surface area contributed by atoms with Gasteiger partial charge in [-0.1, -0.05) is 0 Å². The normalized spacial score (nSPS) is 12.2. The van der Waals surface area contributed by atoms with Gasteiger partial charge in [-0.25, -0.2) is 0 Å². The molecule has 0 aliphatic heterocycles. The first-order valence-electron chi connectivity index (χ1n) is 10.6. The summed E-state index contributed by atoms with van der Waals surface area (Å²) in [7, 11) is 9.78. The SMILES string of the molecule is COCN(COC)c1nc(N(COC)CC(C)(C)OC)nc(N(COC)CC(C)(C)OC)n1. The zero-order valence-electron chi connectivity index (χ0n) is 21.9. The van der Waals surface area contributed by atoms with Crippen LogP contribution in [0.3, 0.4) is 0 Å². The smallest absolute Gasteiger partial charge is 0.235 e. The van der Waals surface area contributed by atoms with Gasteiger partial charge in [0.1, 0.15) is 26.9 Å². The Morgan fingerprint density at radius 3 is 1.06 bits per heavy atom. The lowest BCUT2D eigenvalue weighted by atomic mass is 10.1. The van der Waals surface area contributed by atoms with Crippen molar-refractivity contribution in [2.45, 2.75) is 38.9 Å². The molecule has 192 valence electrons. The predicted octanol–water partition coefficient (Wildman–Crippen LogP) is 1.56. The molecule has 12 nitrogen and oxygen atoms in total. The van der Waals surface area contributed by atoms with E-state index in [-0.39, 0.29) is 26.9 Å². The Balaban J connectivity index is 3.60. The summed E-state index contributed by atoms with van der Waals surface area (Å²) in [5.74, 6) is 1.25. The summed E-state index contributed by atoms with van der Waals surface area (Å²) in [5, 5.41) is 0.